The number of para-hydroxylation sites is 2. The van der Waals surface area contributed by atoms with Crippen LogP contribution in [0.5, 0.6) is 5.75 Å². The first-order valence-corrected chi connectivity index (χ1v) is 13.7. The van der Waals surface area contributed by atoms with Crippen LogP contribution in [-0.2, 0) is 26.1 Å². The second-order valence-corrected chi connectivity index (χ2v) is 10.7. The number of nitrogens with zero attached hydrogens (tertiary/aromatic N) is 1. The number of hydrogen-bond acceptors (Lipinski definition) is 6. The lowest BCUT2D eigenvalue weighted by atomic mass is 9.71. The number of ether oxygens (including phenoxy) is 3. The van der Waals surface area contributed by atoms with Crippen LogP contribution < -0.4 is 10.1 Å². The molecule has 0 amide bonds. The van der Waals surface area contributed by atoms with E-state index in [0.717, 1.165) is 39.2 Å². The molecule has 0 radical (unpaired) electrons. The van der Waals surface area contributed by atoms with Crippen molar-refractivity contribution in [3.8, 4) is 5.75 Å². The highest BCUT2D eigenvalue weighted by atomic mass is 16.6. The third-order valence-electron chi connectivity index (χ3n) is 8.31. The van der Waals surface area contributed by atoms with Crippen molar-refractivity contribution in [1.82, 2.24) is 9.88 Å². The van der Waals surface area contributed by atoms with Crippen LogP contribution in [0.25, 0.3) is 10.9 Å². The second kappa shape index (κ2) is 10.4. The number of dihydropyridines is 1. The van der Waals surface area contributed by atoms with E-state index in [1.807, 2.05) is 50.4 Å². The Morgan fingerprint density at radius 2 is 1.77 bits per heavy atom. The highest BCUT2D eigenvalue weighted by molar-refractivity contribution is 6.05. The van der Waals surface area contributed by atoms with Gasteiger partial charge >= 0.3 is 5.97 Å². The predicted octanol–water partition coefficient (Wildman–Crippen LogP) is 5.27. The van der Waals surface area contributed by atoms with E-state index >= 15 is 0 Å². The number of ketones is 1. The number of carbonyl (C=O) groups is 2. The Morgan fingerprint density at radius 1 is 1.03 bits per heavy atom. The van der Waals surface area contributed by atoms with Gasteiger partial charge < -0.3 is 24.1 Å². The standard InChI is InChI=1S/C32H34N2O5/c1-19-29(32(36)39-21-12-14-38-15-13-21)30(24-18-34(2)26-10-6-4-9-23(24)26)31-25(33-19)16-20(17-27(31)35)22-8-5-7-11-28(22)37-3/h4-11,18,20-21,30,33H,12-17H2,1-3H3/t20-,30?/m1/s1. The molecule has 1 aliphatic carbocycles. The minimum Gasteiger partial charge on any atom is -0.496 e. The van der Waals surface area contributed by atoms with Crippen molar-refractivity contribution in [2.75, 3.05) is 20.3 Å². The van der Waals surface area contributed by atoms with Gasteiger partial charge in [0.15, 0.2) is 5.78 Å². The van der Waals surface area contributed by atoms with Crippen molar-refractivity contribution in [2.45, 2.75) is 50.5 Å². The van der Waals surface area contributed by atoms with Crippen molar-refractivity contribution in [2.24, 2.45) is 7.05 Å². The zero-order valence-corrected chi connectivity index (χ0v) is 22.7. The van der Waals surface area contributed by atoms with Crippen LogP contribution in [0.1, 0.15) is 55.6 Å². The topological polar surface area (TPSA) is 78.8 Å². The van der Waals surface area contributed by atoms with Crippen LogP contribution in [0.15, 0.2) is 77.3 Å². The van der Waals surface area contributed by atoms with Gasteiger partial charge in [-0.05, 0) is 36.6 Å². The highest BCUT2D eigenvalue weighted by Gasteiger charge is 2.43. The van der Waals surface area contributed by atoms with Gasteiger partial charge in [-0.25, -0.2) is 4.79 Å². The quantitative estimate of drug-likeness (QED) is 0.457. The molecule has 39 heavy (non-hydrogen) atoms. The van der Waals surface area contributed by atoms with Gasteiger partial charge in [0.25, 0.3) is 0 Å². The molecular formula is C32H34N2O5. The fourth-order valence-electron chi connectivity index (χ4n) is 6.46. The summed E-state index contributed by atoms with van der Waals surface area (Å²) in [4.78, 5) is 27.9. The van der Waals surface area contributed by atoms with Gasteiger partial charge in [0.2, 0.25) is 0 Å². The molecule has 7 nitrogen and oxygen atoms in total. The van der Waals surface area contributed by atoms with E-state index in [4.69, 9.17) is 14.2 Å². The molecule has 202 valence electrons. The molecule has 0 spiro atoms. The van der Waals surface area contributed by atoms with Gasteiger partial charge in [0, 0.05) is 66.3 Å². The number of Topliss-reactive ketones (excluding diaryl/α,β-unsaturated/α-hetero) is 1. The Balaban J connectivity index is 1.45. The number of esters is 1. The average molecular weight is 527 g/mol. The first kappa shape index (κ1) is 25.4. The third-order valence-corrected chi connectivity index (χ3v) is 8.31. The Morgan fingerprint density at radius 3 is 2.56 bits per heavy atom. The molecule has 1 saturated heterocycles. The van der Waals surface area contributed by atoms with E-state index in [0.29, 0.717) is 50.0 Å². The summed E-state index contributed by atoms with van der Waals surface area (Å²) in [6.45, 7) is 3.08. The molecule has 1 fully saturated rings. The molecule has 3 heterocycles. The number of aromatic nitrogens is 1. The maximum absolute atomic E-state index is 14.1. The summed E-state index contributed by atoms with van der Waals surface area (Å²) < 4.78 is 19.2. The Kier molecular flexibility index (Phi) is 6.77. The van der Waals surface area contributed by atoms with E-state index in [9.17, 15) is 9.59 Å². The van der Waals surface area contributed by atoms with Gasteiger partial charge in [0.05, 0.1) is 31.8 Å². The average Bonchev–Trinajstić information content (AvgIpc) is 3.28. The maximum Gasteiger partial charge on any atom is 0.337 e. The van der Waals surface area contributed by atoms with Crippen LogP contribution >= 0.6 is 0 Å². The molecule has 3 aliphatic rings. The molecule has 6 rings (SSSR count). The summed E-state index contributed by atoms with van der Waals surface area (Å²) in [5.41, 5.74) is 5.82. The van der Waals surface area contributed by atoms with Gasteiger partial charge in [-0.1, -0.05) is 36.4 Å². The van der Waals surface area contributed by atoms with Crippen molar-refractivity contribution in [3.05, 3.63) is 88.4 Å². The van der Waals surface area contributed by atoms with Crippen LogP contribution in [0.2, 0.25) is 0 Å². The number of allylic oxidation sites excluding steroid dienone is 3. The zero-order chi connectivity index (χ0) is 27.1. The van der Waals surface area contributed by atoms with Crippen molar-refractivity contribution >= 4 is 22.7 Å². The van der Waals surface area contributed by atoms with E-state index in [1.54, 1.807) is 7.11 Å². The third kappa shape index (κ3) is 4.55. The summed E-state index contributed by atoms with van der Waals surface area (Å²) in [7, 11) is 3.66. The predicted molar refractivity (Wildman–Crippen MR) is 148 cm³/mol. The van der Waals surface area contributed by atoms with Gasteiger partial charge in [-0.2, -0.15) is 0 Å². The lowest BCUT2D eigenvalue weighted by Gasteiger charge is -2.37. The molecule has 1 unspecified atom stereocenters. The van der Waals surface area contributed by atoms with Crippen LogP contribution in [0, 0.1) is 0 Å². The van der Waals surface area contributed by atoms with Gasteiger partial charge in [-0.3, -0.25) is 4.79 Å². The number of fused-ring (bicyclic) bond motifs is 1. The number of hydrogen-bond donors (Lipinski definition) is 1. The lowest BCUT2D eigenvalue weighted by molar-refractivity contribution is -0.148. The van der Waals surface area contributed by atoms with Crippen LogP contribution in [0.3, 0.4) is 0 Å². The molecular weight excluding hydrogens is 492 g/mol. The van der Waals surface area contributed by atoms with E-state index in [1.165, 1.54) is 0 Å². The monoisotopic (exact) mass is 526 g/mol. The molecule has 2 atom stereocenters. The molecule has 2 aromatic carbocycles. The van der Waals surface area contributed by atoms with E-state index in [-0.39, 0.29) is 23.8 Å². The van der Waals surface area contributed by atoms with Crippen molar-refractivity contribution < 1.29 is 23.8 Å². The molecule has 3 aromatic rings. The fraction of sp³-hybridized carbons (Fsp3) is 0.375. The number of nitrogens with one attached hydrogen (secondary N) is 1. The smallest absolute Gasteiger partial charge is 0.337 e. The fourth-order valence-corrected chi connectivity index (χ4v) is 6.46. The summed E-state index contributed by atoms with van der Waals surface area (Å²) in [5.74, 6) is -0.0614. The van der Waals surface area contributed by atoms with E-state index in [2.05, 4.69) is 28.2 Å². The molecule has 2 aliphatic heterocycles. The second-order valence-electron chi connectivity index (χ2n) is 10.7. The summed E-state index contributed by atoms with van der Waals surface area (Å²) in [5, 5.41) is 4.50. The molecule has 0 bridgehead atoms. The summed E-state index contributed by atoms with van der Waals surface area (Å²) in [6.07, 6.45) is 4.23. The van der Waals surface area contributed by atoms with Crippen molar-refractivity contribution in [1.29, 1.82) is 0 Å². The largest absolute Gasteiger partial charge is 0.496 e. The maximum atomic E-state index is 14.1. The first-order valence-electron chi connectivity index (χ1n) is 13.7. The molecule has 0 saturated carbocycles. The lowest BCUT2D eigenvalue weighted by Crippen LogP contribution is -2.37. The number of methoxy groups -OCH3 is 1. The van der Waals surface area contributed by atoms with E-state index < -0.39 is 5.92 Å². The van der Waals surface area contributed by atoms with Gasteiger partial charge in [-0.15, -0.1) is 0 Å². The Hall–Kier alpha value is -3.84. The van der Waals surface area contributed by atoms with Crippen molar-refractivity contribution in [3.63, 3.8) is 0 Å². The Bertz CT molecular complexity index is 1510. The summed E-state index contributed by atoms with van der Waals surface area (Å²) >= 11 is 0. The first-order chi connectivity index (χ1) is 19.0. The SMILES string of the molecule is COc1ccccc1[C@H]1CC(=O)C2=C(C1)NC(C)=C(C(=O)OC1CCOCC1)C2c1cn(C)c2ccccc12. The number of rotatable bonds is 5. The highest BCUT2D eigenvalue weighted by Crippen LogP contribution is 2.48. The summed E-state index contributed by atoms with van der Waals surface area (Å²) in [6, 6.07) is 16.0. The molecule has 7 heteroatoms. The zero-order valence-electron chi connectivity index (χ0n) is 22.7. The minimum absolute atomic E-state index is 0.0170. The van der Waals surface area contributed by atoms with Crippen LogP contribution in [0.4, 0.5) is 0 Å². The molecule has 1 aromatic heterocycles. The number of carbonyl (C=O) groups excluding carboxylic acids is 2. The van der Waals surface area contributed by atoms with Gasteiger partial charge in [0.1, 0.15) is 11.9 Å². The number of aryl methyl sites for hydroxylation is 1. The minimum atomic E-state index is -0.509. The Labute approximate surface area is 228 Å². The normalized spacial score (nSPS) is 22.1. The number of benzene rings is 2. The van der Waals surface area contributed by atoms with Crippen LogP contribution in [-0.4, -0.2) is 42.7 Å². The molecule has 1 N–H and O–H groups in total.